The van der Waals surface area contributed by atoms with Crippen molar-refractivity contribution in [2.75, 3.05) is 14.2 Å². The van der Waals surface area contributed by atoms with Crippen molar-refractivity contribution in [3.63, 3.8) is 0 Å². The first-order valence-electron chi connectivity index (χ1n) is 19.3. The van der Waals surface area contributed by atoms with Crippen LogP contribution in [0.4, 0.5) is 0 Å². The topological polar surface area (TPSA) is 271 Å². The molecule has 0 spiro atoms. The molecule has 0 aliphatic rings. The van der Waals surface area contributed by atoms with Gasteiger partial charge in [0.25, 0.3) is 0 Å². The highest BCUT2D eigenvalue weighted by Gasteiger charge is 2.18. The average molecular weight is 899 g/mol. The molecular formula is C50H42O16. The van der Waals surface area contributed by atoms with E-state index in [0.717, 1.165) is 29.3 Å². The molecule has 0 amide bonds. The highest BCUT2D eigenvalue weighted by Crippen LogP contribution is 2.41. The Morgan fingerprint density at radius 3 is 1.15 bits per heavy atom. The highest BCUT2D eigenvalue weighted by atomic mass is 16.5. The van der Waals surface area contributed by atoms with Crippen molar-refractivity contribution < 1.29 is 63.6 Å². The van der Waals surface area contributed by atoms with Gasteiger partial charge in [-0.15, -0.1) is 0 Å². The van der Waals surface area contributed by atoms with Crippen molar-refractivity contribution >= 4 is 32.9 Å². The van der Waals surface area contributed by atoms with E-state index in [-0.39, 0.29) is 115 Å². The molecule has 0 saturated carbocycles. The fourth-order valence-electron chi connectivity index (χ4n) is 6.70. The van der Waals surface area contributed by atoms with E-state index in [1.54, 1.807) is 19.1 Å². The van der Waals surface area contributed by atoms with Crippen LogP contribution in [0.25, 0.3) is 66.9 Å². The number of aromatic hydroxyl groups is 8. The minimum absolute atomic E-state index is 0. The molecule has 0 bridgehead atoms. The monoisotopic (exact) mass is 898 g/mol. The Hall–Kier alpha value is -9.05. The van der Waals surface area contributed by atoms with Gasteiger partial charge in [0.05, 0.1) is 14.2 Å². The summed E-state index contributed by atoms with van der Waals surface area (Å²) in [6.07, 6.45) is 0. The summed E-state index contributed by atoms with van der Waals surface area (Å²) >= 11 is 0. The number of ether oxygens (including phenoxy) is 2. The number of rotatable bonds is 5. The smallest absolute Gasteiger partial charge is 0.200 e. The Morgan fingerprint density at radius 2 is 0.773 bits per heavy atom. The summed E-state index contributed by atoms with van der Waals surface area (Å²) in [6, 6.07) is 26.2. The summed E-state index contributed by atoms with van der Waals surface area (Å²) in [7, 11) is 2.76. The Labute approximate surface area is 373 Å². The van der Waals surface area contributed by atoms with Crippen LogP contribution in [0.5, 0.6) is 57.5 Å². The van der Waals surface area contributed by atoms with Gasteiger partial charge in [-0.1, -0.05) is 49.4 Å². The number of benzene rings is 6. The molecule has 3 heterocycles. The molecule has 338 valence electrons. The molecule has 9 aromatic rings. The predicted octanol–water partition coefficient (Wildman–Crippen LogP) is 9.29. The molecule has 0 fully saturated rings. The summed E-state index contributed by atoms with van der Waals surface area (Å²) in [5.74, 6) is -0.581. The minimum atomic E-state index is -0.477. The number of hydrogen-bond donors (Lipinski definition) is 8. The van der Waals surface area contributed by atoms with Gasteiger partial charge < -0.3 is 63.6 Å². The van der Waals surface area contributed by atoms with E-state index in [1.807, 2.05) is 31.2 Å². The van der Waals surface area contributed by atoms with E-state index in [1.165, 1.54) is 68.8 Å². The number of phenolic OH excluding ortho intramolecular Hbond substituents is 8. The minimum Gasteiger partial charge on any atom is -0.508 e. The van der Waals surface area contributed by atoms with Gasteiger partial charge in [-0.3, -0.25) is 14.4 Å². The molecule has 0 saturated heterocycles. The Balaban J connectivity index is 0.000000163. The fraction of sp³-hybridized carbons (Fsp3) is 0.100. The van der Waals surface area contributed by atoms with Gasteiger partial charge in [0.15, 0.2) is 27.8 Å². The van der Waals surface area contributed by atoms with Gasteiger partial charge in [0.2, 0.25) is 5.75 Å². The zero-order valence-corrected chi connectivity index (χ0v) is 34.7. The van der Waals surface area contributed by atoms with E-state index in [2.05, 4.69) is 0 Å². The second-order valence-corrected chi connectivity index (χ2v) is 14.5. The number of hydrogen-bond acceptors (Lipinski definition) is 16. The molecule has 8 N–H and O–H groups in total. The lowest BCUT2D eigenvalue weighted by atomic mass is 10.1. The molecule has 0 radical (unpaired) electrons. The van der Waals surface area contributed by atoms with Crippen molar-refractivity contribution in [3.8, 4) is 91.5 Å². The molecule has 3 aromatic heterocycles. The number of fused-ring (bicyclic) bond motifs is 3. The fourth-order valence-corrected chi connectivity index (χ4v) is 6.70. The largest absolute Gasteiger partial charge is 0.508 e. The van der Waals surface area contributed by atoms with Crippen molar-refractivity contribution in [1.29, 1.82) is 0 Å². The molecule has 6 aromatic carbocycles. The quantitative estimate of drug-likeness (QED) is 0.0799. The summed E-state index contributed by atoms with van der Waals surface area (Å²) in [5, 5.41) is 77.5. The SMILES string of the molecule is C.COc1cc(-c2cc(=O)c3c(O)cc(O)cc3o2)cc(OC)c1O.Cc1ccc(-c2cc(=O)c3c(O)cc(O)cc3o2)cc1.Cc1ccc(-c2cc(=O)c3c(O)cc(O)cc3o2)cc1O. The van der Waals surface area contributed by atoms with Crippen LogP contribution < -0.4 is 25.8 Å². The van der Waals surface area contributed by atoms with Crippen LogP contribution in [0.2, 0.25) is 0 Å². The Kier molecular flexibility index (Phi) is 13.2. The van der Waals surface area contributed by atoms with E-state index in [0.29, 0.717) is 22.5 Å². The third kappa shape index (κ3) is 9.47. The van der Waals surface area contributed by atoms with Crippen LogP contribution in [0, 0.1) is 13.8 Å². The van der Waals surface area contributed by atoms with E-state index in [4.69, 9.17) is 22.7 Å². The first-order chi connectivity index (χ1) is 30.9. The van der Waals surface area contributed by atoms with Gasteiger partial charge in [-0.05, 0) is 37.6 Å². The van der Waals surface area contributed by atoms with Crippen molar-refractivity contribution in [2.45, 2.75) is 21.3 Å². The molecule has 16 nitrogen and oxygen atoms in total. The molecule has 0 unspecified atom stereocenters. The normalized spacial score (nSPS) is 10.7. The zero-order valence-electron chi connectivity index (χ0n) is 34.7. The molecule has 0 atom stereocenters. The maximum Gasteiger partial charge on any atom is 0.200 e. The van der Waals surface area contributed by atoms with Crippen molar-refractivity contribution in [1.82, 2.24) is 0 Å². The predicted molar refractivity (Wildman–Crippen MR) is 246 cm³/mol. The second kappa shape index (κ2) is 18.7. The molecule has 0 aliphatic heterocycles. The van der Waals surface area contributed by atoms with E-state index >= 15 is 0 Å². The van der Waals surface area contributed by atoms with Gasteiger partial charge in [0.1, 0.15) is 90.4 Å². The number of phenols is 8. The van der Waals surface area contributed by atoms with Crippen LogP contribution in [-0.4, -0.2) is 55.1 Å². The van der Waals surface area contributed by atoms with Crippen LogP contribution in [-0.2, 0) is 0 Å². The number of methoxy groups -OCH3 is 2. The third-order valence-electron chi connectivity index (χ3n) is 9.98. The van der Waals surface area contributed by atoms with Gasteiger partial charge >= 0.3 is 0 Å². The molecule has 66 heavy (non-hydrogen) atoms. The van der Waals surface area contributed by atoms with E-state index < -0.39 is 10.9 Å². The lowest BCUT2D eigenvalue weighted by Crippen LogP contribution is -2.01. The Morgan fingerprint density at radius 1 is 0.409 bits per heavy atom. The molecular weight excluding hydrogens is 857 g/mol. The first-order valence-corrected chi connectivity index (χ1v) is 19.3. The van der Waals surface area contributed by atoms with Crippen molar-refractivity contribution in [2.24, 2.45) is 0 Å². The second-order valence-electron chi connectivity index (χ2n) is 14.5. The molecule has 0 aliphatic carbocycles. The summed E-state index contributed by atoms with van der Waals surface area (Å²) in [6.45, 7) is 3.72. The maximum absolute atomic E-state index is 12.3. The first kappa shape index (κ1) is 46.5. The van der Waals surface area contributed by atoms with Gasteiger partial charge in [0, 0.05) is 71.3 Å². The lowest BCUT2D eigenvalue weighted by molar-refractivity contribution is 0.340. The molecule has 9 rings (SSSR count). The van der Waals surface area contributed by atoms with Crippen LogP contribution >= 0.6 is 0 Å². The molecule has 16 heteroatoms. The standard InChI is InChI=1S/C17H14O7.C16H12O5.C16H12O4.CH4/c1-22-14-3-8(4-15(23-2)17(14)21)12-7-11(20)16-10(19)5-9(18)6-13(16)24-12;1-8-2-3-9(4-11(8)18)14-7-13(20)16-12(19)5-10(17)6-15(16)21-14;1-9-2-4-10(5-3-9)14-8-13(19)16-12(18)6-11(17)7-15(16)20-14;/h3-7,18-19,21H,1-2H3;2-7,17-19H,1H3;2-8,17-18H,1H3;1H4. The average Bonchev–Trinajstić information content (AvgIpc) is 3.24. The van der Waals surface area contributed by atoms with Gasteiger partial charge in [-0.2, -0.15) is 0 Å². The van der Waals surface area contributed by atoms with E-state index in [9.17, 15) is 55.2 Å². The van der Waals surface area contributed by atoms with Gasteiger partial charge in [-0.25, -0.2) is 0 Å². The zero-order chi connectivity index (χ0) is 46.9. The summed E-state index contributed by atoms with van der Waals surface area (Å²) < 4.78 is 26.9. The van der Waals surface area contributed by atoms with Crippen molar-refractivity contribution in [3.05, 3.63) is 151 Å². The lowest BCUT2D eigenvalue weighted by Gasteiger charge is -2.11. The van der Waals surface area contributed by atoms with Crippen LogP contribution in [0.1, 0.15) is 18.6 Å². The number of aryl methyl sites for hydroxylation is 2. The van der Waals surface area contributed by atoms with Crippen LogP contribution in [0.3, 0.4) is 0 Å². The maximum atomic E-state index is 12.3. The third-order valence-corrected chi connectivity index (χ3v) is 9.98. The van der Waals surface area contributed by atoms with Crippen LogP contribution in [0.15, 0.2) is 137 Å². The summed E-state index contributed by atoms with van der Waals surface area (Å²) in [4.78, 5) is 36.4. The highest BCUT2D eigenvalue weighted by molar-refractivity contribution is 5.88. The summed E-state index contributed by atoms with van der Waals surface area (Å²) in [5.41, 5.74) is 2.53. The Bertz CT molecular complexity index is 3450.